The maximum absolute atomic E-state index is 8.76. The Balaban J connectivity index is 2.25. The molecule has 0 fully saturated rings. The molecule has 0 saturated carbocycles. The molecule has 0 radical (unpaired) electrons. The second kappa shape index (κ2) is 5.29. The van der Waals surface area contributed by atoms with E-state index in [2.05, 4.69) is 21.9 Å². The molecule has 1 aliphatic heterocycles. The van der Waals surface area contributed by atoms with Gasteiger partial charge in [-0.05, 0) is 30.2 Å². The van der Waals surface area contributed by atoms with Crippen LogP contribution in [0.15, 0.2) is 23.3 Å². The smallest absolute Gasteiger partial charge is 0.201 e. The molecule has 0 spiro atoms. The van der Waals surface area contributed by atoms with E-state index in [1.165, 1.54) is 11.1 Å². The van der Waals surface area contributed by atoms with Crippen molar-refractivity contribution in [1.82, 2.24) is 5.32 Å². The standard InChI is InChI=1S/C12H14N6/c13-6-11(12(14)15)18-17-10-3-1-2-8-7-16-5-4-9(8)10/h1-3,16-17H,4-5,7H2,(H3,14,15)/b18-11+. The molecule has 1 aliphatic rings. The third-order valence-electron chi connectivity index (χ3n) is 2.79. The predicted octanol–water partition coefficient (Wildman–Crippen LogP) is 0.560. The van der Waals surface area contributed by atoms with Gasteiger partial charge >= 0.3 is 0 Å². The van der Waals surface area contributed by atoms with E-state index in [4.69, 9.17) is 16.4 Å². The molecule has 1 aromatic rings. The summed E-state index contributed by atoms with van der Waals surface area (Å²) in [4.78, 5) is 0. The van der Waals surface area contributed by atoms with Gasteiger partial charge < -0.3 is 11.1 Å². The van der Waals surface area contributed by atoms with E-state index in [9.17, 15) is 0 Å². The molecule has 0 bridgehead atoms. The van der Waals surface area contributed by atoms with Gasteiger partial charge in [0.05, 0.1) is 5.69 Å². The fourth-order valence-corrected chi connectivity index (χ4v) is 1.90. The van der Waals surface area contributed by atoms with Crippen LogP contribution in [0.2, 0.25) is 0 Å². The van der Waals surface area contributed by atoms with Crippen LogP contribution in [0.1, 0.15) is 11.1 Å². The predicted molar refractivity (Wildman–Crippen MR) is 70.4 cm³/mol. The first-order chi connectivity index (χ1) is 8.72. The number of hydrogen-bond donors (Lipinski definition) is 4. The number of nitriles is 1. The number of anilines is 1. The number of benzene rings is 1. The van der Waals surface area contributed by atoms with Crippen molar-refractivity contribution in [3.05, 3.63) is 29.3 Å². The van der Waals surface area contributed by atoms with E-state index in [0.29, 0.717) is 0 Å². The highest BCUT2D eigenvalue weighted by Gasteiger charge is 2.12. The van der Waals surface area contributed by atoms with E-state index in [0.717, 1.165) is 25.2 Å². The molecule has 0 amide bonds. The number of hydrogen-bond acceptors (Lipinski definition) is 5. The molecule has 2 rings (SSSR count). The first kappa shape index (κ1) is 12.1. The van der Waals surface area contributed by atoms with Gasteiger partial charge in [-0.1, -0.05) is 12.1 Å². The second-order valence-electron chi connectivity index (χ2n) is 3.97. The van der Waals surface area contributed by atoms with Crippen molar-refractivity contribution in [3.8, 4) is 6.07 Å². The van der Waals surface area contributed by atoms with Gasteiger partial charge in [0.15, 0.2) is 5.84 Å². The van der Waals surface area contributed by atoms with Crippen LogP contribution in [0.5, 0.6) is 0 Å². The summed E-state index contributed by atoms with van der Waals surface area (Å²) in [6, 6.07) is 7.68. The van der Waals surface area contributed by atoms with Gasteiger partial charge in [0, 0.05) is 6.54 Å². The van der Waals surface area contributed by atoms with Gasteiger partial charge in [-0.2, -0.15) is 10.4 Å². The first-order valence-electron chi connectivity index (χ1n) is 5.62. The van der Waals surface area contributed by atoms with Crippen molar-refractivity contribution < 1.29 is 0 Å². The lowest BCUT2D eigenvalue weighted by Gasteiger charge is -2.19. The number of nitrogens with zero attached hydrogens (tertiary/aromatic N) is 2. The Morgan fingerprint density at radius 1 is 1.56 bits per heavy atom. The van der Waals surface area contributed by atoms with Crippen LogP contribution >= 0.6 is 0 Å². The van der Waals surface area contributed by atoms with E-state index in [-0.39, 0.29) is 11.5 Å². The SMILES string of the molecule is N#C/C(=N\Nc1cccc2c1CCNC2)C(=N)N. The molecule has 1 heterocycles. The molecule has 6 nitrogen and oxygen atoms in total. The monoisotopic (exact) mass is 242 g/mol. The van der Waals surface area contributed by atoms with Crippen molar-refractivity contribution in [2.45, 2.75) is 13.0 Å². The zero-order chi connectivity index (χ0) is 13.0. The highest BCUT2D eigenvalue weighted by Crippen LogP contribution is 2.22. The molecule has 0 aromatic heterocycles. The van der Waals surface area contributed by atoms with Crippen molar-refractivity contribution in [3.63, 3.8) is 0 Å². The minimum absolute atomic E-state index is 0.110. The normalized spacial score (nSPS) is 14.5. The minimum atomic E-state index is -0.337. The van der Waals surface area contributed by atoms with Gasteiger partial charge in [0.1, 0.15) is 6.07 Å². The van der Waals surface area contributed by atoms with Crippen LogP contribution in [0.25, 0.3) is 0 Å². The first-order valence-corrected chi connectivity index (χ1v) is 5.62. The summed E-state index contributed by atoms with van der Waals surface area (Å²) in [5.41, 5.74) is 11.2. The summed E-state index contributed by atoms with van der Waals surface area (Å²) < 4.78 is 0. The Labute approximate surface area is 105 Å². The lowest BCUT2D eigenvalue weighted by molar-refractivity contribution is 0.644. The highest BCUT2D eigenvalue weighted by atomic mass is 15.3. The van der Waals surface area contributed by atoms with Crippen LogP contribution in [0.4, 0.5) is 5.69 Å². The molecule has 6 heteroatoms. The molecule has 0 unspecified atom stereocenters. The molecule has 0 aliphatic carbocycles. The van der Waals surface area contributed by atoms with E-state index in [1.807, 2.05) is 12.1 Å². The van der Waals surface area contributed by atoms with Gasteiger partial charge in [0.25, 0.3) is 0 Å². The summed E-state index contributed by atoms with van der Waals surface area (Å²) >= 11 is 0. The summed E-state index contributed by atoms with van der Waals surface area (Å²) in [5, 5.41) is 23.1. The largest absolute Gasteiger partial charge is 0.382 e. The zero-order valence-corrected chi connectivity index (χ0v) is 9.83. The topological polar surface area (TPSA) is 110 Å². The Kier molecular flexibility index (Phi) is 3.55. The van der Waals surface area contributed by atoms with Crippen LogP contribution in [0, 0.1) is 16.7 Å². The molecular formula is C12H14N6. The summed E-state index contributed by atoms with van der Waals surface area (Å²) in [7, 11) is 0. The molecule has 0 atom stereocenters. The number of fused-ring (bicyclic) bond motifs is 1. The van der Waals surface area contributed by atoms with Gasteiger partial charge in [-0.25, -0.2) is 0 Å². The number of hydrazone groups is 1. The summed E-state index contributed by atoms with van der Waals surface area (Å²) in [6.07, 6.45) is 0.913. The Bertz CT molecular complexity index is 540. The Hall–Kier alpha value is -2.39. The second-order valence-corrected chi connectivity index (χ2v) is 3.97. The average Bonchev–Trinajstić information content (AvgIpc) is 2.39. The fourth-order valence-electron chi connectivity index (χ4n) is 1.90. The lowest BCUT2D eigenvalue weighted by atomic mass is 9.99. The van der Waals surface area contributed by atoms with Gasteiger partial charge in [-0.3, -0.25) is 10.8 Å². The van der Waals surface area contributed by atoms with Crippen molar-refractivity contribution in [2.75, 3.05) is 12.0 Å². The van der Waals surface area contributed by atoms with Crippen molar-refractivity contribution in [2.24, 2.45) is 10.8 Å². The van der Waals surface area contributed by atoms with Crippen LogP contribution < -0.4 is 16.5 Å². The molecular weight excluding hydrogens is 228 g/mol. The van der Waals surface area contributed by atoms with Crippen LogP contribution in [0.3, 0.4) is 0 Å². The quantitative estimate of drug-likeness (QED) is 0.352. The van der Waals surface area contributed by atoms with Crippen molar-refractivity contribution >= 4 is 17.2 Å². The Morgan fingerprint density at radius 2 is 2.39 bits per heavy atom. The van der Waals surface area contributed by atoms with E-state index in [1.54, 1.807) is 6.07 Å². The fraction of sp³-hybridized carbons (Fsp3) is 0.250. The number of amidine groups is 1. The lowest BCUT2D eigenvalue weighted by Crippen LogP contribution is -2.25. The highest BCUT2D eigenvalue weighted by molar-refractivity contribution is 6.45. The number of nitrogens with two attached hydrogens (primary N) is 1. The molecule has 18 heavy (non-hydrogen) atoms. The maximum atomic E-state index is 8.76. The Morgan fingerprint density at radius 3 is 3.11 bits per heavy atom. The van der Waals surface area contributed by atoms with E-state index >= 15 is 0 Å². The molecule has 92 valence electrons. The number of nitrogens with one attached hydrogen (secondary N) is 3. The van der Waals surface area contributed by atoms with Crippen LogP contribution in [-0.2, 0) is 13.0 Å². The third-order valence-corrected chi connectivity index (χ3v) is 2.79. The summed E-state index contributed by atoms with van der Waals surface area (Å²) in [6.45, 7) is 1.76. The van der Waals surface area contributed by atoms with Gasteiger partial charge in [0.2, 0.25) is 5.71 Å². The van der Waals surface area contributed by atoms with Crippen LogP contribution in [-0.4, -0.2) is 18.1 Å². The maximum Gasteiger partial charge on any atom is 0.201 e. The average molecular weight is 242 g/mol. The third kappa shape index (κ3) is 2.47. The molecule has 0 saturated heterocycles. The number of rotatable bonds is 3. The van der Waals surface area contributed by atoms with E-state index < -0.39 is 0 Å². The van der Waals surface area contributed by atoms with Crippen molar-refractivity contribution in [1.29, 1.82) is 10.7 Å². The zero-order valence-electron chi connectivity index (χ0n) is 9.83. The molecule has 5 N–H and O–H groups in total. The van der Waals surface area contributed by atoms with Gasteiger partial charge in [-0.15, -0.1) is 0 Å². The minimum Gasteiger partial charge on any atom is -0.382 e. The molecule has 1 aromatic carbocycles. The summed E-state index contributed by atoms with van der Waals surface area (Å²) in [5.74, 6) is -0.337.